The summed E-state index contributed by atoms with van der Waals surface area (Å²) >= 11 is 11.7. The number of carbonyl (C=O) groups excluding carboxylic acids is 1. The molecule has 0 aliphatic heterocycles. The third kappa shape index (κ3) is 4.92. The molecule has 0 atom stereocenters. The van der Waals surface area contributed by atoms with Gasteiger partial charge in [0.15, 0.2) is 5.82 Å². The van der Waals surface area contributed by atoms with Crippen molar-refractivity contribution in [2.24, 2.45) is 0 Å². The van der Waals surface area contributed by atoms with Crippen LogP contribution in [0.5, 0.6) is 0 Å². The predicted molar refractivity (Wildman–Crippen MR) is 100 cm³/mol. The summed E-state index contributed by atoms with van der Waals surface area (Å²) in [5.41, 5.74) is 1.57. The fraction of sp³-hybridized carbons (Fsp3) is 0.0556. The molecule has 0 aliphatic carbocycles. The van der Waals surface area contributed by atoms with Gasteiger partial charge < -0.3 is 10.6 Å². The topological polar surface area (TPSA) is 66.9 Å². The molecular weight excluding hydrogens is 359 g/mol. The summed E-state index contributed by atoms with van der Waals surface area (Å²) in [6.45, 7) is 0.600. The van der Waals surface area contributed by atoms with E-state index in [1.807, 2.05) is 24.3 Å². The van der Waals surface area contributed by atoms with Gasteiger partial charge >= 0.3 is 0 Å². The highest BCUT2D eigenvalue weighted by atomic mass is 35.5. The van der Waals surface area contributed by atoms with E-state index in [4.69, 9.17) is 23.2 Å². The van der Waals surface area contributed by atoms with Crippen molar-refractivity contribution in [2.75, 3.05) is 10.6 Å². The molecule has 2 aromatic carbocycles. The number of anilines is 2. The molecule has 1 amide bonds. The normalized spacial score (nSPS) is 10.3. The van der Waals surface area contributed by atoms with Crippen molar-refractivity contribution in [3.63, 3.8) is 0 Å². The van der Waals surface area contributed by atoms with Gasteiger partial charge in [-0.3, -0.25) is 4.79 Å². The van der Waals surface area contributed by atoms with Gasteiger partial charge in [-0.2, -0.15) is 0 Å². The first-order valence-corrected chi connectivity index (χ1v) is 8.25. The Kier molecular flexibility index (Phi) is 5.48. The molecule has 3 aromatic rings. The Hall–Kier alpha value is -2.63. The quantitative estimate of drug-likeness (QED) is 0.683. The summed E-state index contributed by atoms with van der Waals surface area (Å²) in [5, 5.41) is 15.2. The van der Waals surface area contributed by atoms with Crippen LogP contribution in [0.2, 0.25) is 10.0 Å². The summed E-state index contributed by atoms with van der Waals surface area (Å²) in [5.74, 6) is 0.712. The molecule has 2 N–H and O–H groups in total. The number of halogens is 2. The number of hydrogen-bond donors (Lipinski definition) is 2. The monoisotopic (exact) mass is 372 g/mol. The Labute approximate surface area is 155 Å². The first-order chi connectivity index (χ1) is 12.1. The van der Waals surface area contributed by atoms with Gasteiger partial charge in [0.1, 0.15) is 5.82 Å². The van der Waals surface area contributed by atoms with Gasteiger partial charge in [-0.1, -0.05) is 35.3 Å². The van der Waals surface area contributed by atoms with Crippen LogP contribution >= 0.6 is 23.2 Å². The van der Waals surface area contributed by atoms with Gasteiger partial charge in [0, 0.05) is 22.2 Å². The second-order valence-electron chi connectivity index (χ2n) is 5.24. The number of aromatic nitrogens is 2. The first kappa shape index (κ1) is 17.2. The van der Waals surface area contributed by atoms with Gasteiger partial charge in [0.25, 0.3) is 5.91 Å². The highest BCUT2D eigenvalue weighted by Gasteiger charge is 2.07. The van der Waals surface area contributed by atoms with E-state index in [0.717, 1.165) is 5.56 Å². The number of hydrogen-bond acceptors (Lipinski definition) is 4. The number of benzene rings is 2. The van der Waals surface area contributed by atoms with Crippen LogP contribution in [0.4, 0.5) is 11.6 Å². The predicted octanol–water partition coefficient (Wildman–Crippen LogP) is 4.65. The zero-order valence-electron chi connectivity index (χ0n) is 13.0. The molecule has 0 bridgehead atoms. The molecule has 0 radical (unpaired) electrons. The molecule has 3 rings (SSSR count). The maximum Gasteiger partial charge on any atom is 0.256 e. The van der Waals surface area contributed by atoms with Gasteiger partial charge in [-0.25, -0.2) is 0 Å². The summed E-state index contributed by atoms with van der Waals surface area (Å²) < 4.78 is 0. The van der Waals surface area contributed by atoms with Crippen molar-refractivity contribution in [1.82, 2.24) is 10.2 Å². The van der Waals surface area contributed by atoms with E-state index < -0.39 is 0 Å². The number of nitrogens with zero attached hydrogens (tertiary/aromatic N) is 2. The molecule has 5 nitrogen and oxygen atoms in total. The number of nitrogens with one attached hydrogen (secondary N) is 2. The van der Waals surface area contributed by atoms with Crippen LogP contribution in [0, 0.1) is 0 Å². The van der Waals surface area contributed by atoms with Gasteiger partial charge in [-0.05, 0) is 54.1 Å². The van der Waals surface area contributed by atoms with Crippen LogP contribution in [-0.4, -0.2) is 16.1 Å². The molecule has 0 spiro atoms. The molecular formula is C18H14Cl2N4O. The van der Waals surface area contributed by atoms with Crippen molar-refractivity contribution in [3.8, 4) is 0 Å². The molecule has 0 unspecified atom stereocenters. The molecule has 1 aromatic heterocycles. The summed E-state index contributed by atoms with van der Waals surface area (Å²) in [6.07, 6.45) is 0. The van der Waals surface area contributed by atoms with Crippen LogP contribution in [0.1, 0.15) is 15.9 Å². The third-order valence-corrected chi connectivity index (χ3v) is 3.90. The molecule has 7 heteroatoms. The Morgan fingerprint density at radius 2 is 1.36 bits per heavy atom. The second-order valence-corrected chi connectivity index (χ2v) is 6.12. The van der Waals surface area contributed by atoms with Crippen LogP contribution in [-0.2, 0) is 6.54 Å². The van der Waals surface area contributed by atoms with Crippen LogP contribution in [0.15, 0.2) is 60.7 Å². The number of rotatable bonds is 5. The van der Waals surface area contributed by atoms with Crippen molar-refractivity contribution in [3.05, 3.63) is 81.8 Å². The van der Waals surface area contributed by atoms with Crippen molar-refractivity contribution >= 4 is 40.7 Å². The molecule has 0 aliphatic rings. The summed E-state index contributed by atoms with van der Waals surface area (Å²) in [4.78, 5) is 12.1. The smallest absolute Gasteiger partial charge is 0.256 e. The van der Waals surface area contributed by atoms with Crippen molar-refractivity contribution in [1.29, 1.82) is 0 Å². The van der Waals surface area contributed by atoms with E-state index in [1.165, 1.54) is 0 Å². The fourth-order valence-electron chi connectivity index (χ4n) is 2.08. The maximum absolute atomic E-state index is 12.1. The minimum atomic E-state index is -0.271. The van der Waals surface area contributed by atoms with Gasteiger partial charge in [0.2, 0.25) is 0 Å². The maximum atomic E-state index is 12.1. The van der Waals surface area contributed by atoms with E-state index in [1.54, 1.807) is 36.4 Å². The molecule has 25 heavy (non-hydrogen) atoms. The molecule has 0 saturated heterocycles. The average molecular weight is 373 g/mol. The Morgan fingerprint density at radius 1 is 0.800 bits per heavy atom. The molecule has 0 fully saturated rings. The standard InChI is InChI=1S/C18H14Cl2N4O/c19-14-5-1-12(2-6-14)11-21-16-9-10-17(24-23-16)22-18(25)13-3-7-15(20)8-4-13/h1-10H,11H2,(H,21,23)(H,22,24,25). The highest BCUT2D eigenvalue weighted by molar-refractivity contribution is 6.30. The lowest BCUT2D eigenvalue weighted by atomic mass is 10.2. The lowest BCUT2D eigenvalue weighted by Crippen LogP contribution is -2.13. The largest absolute Gasteiger partial charge is 0.365 e. The van der Waals surface area contributed by atoms with Crippen molar-refractivity contribution < 1.29 is 4.79 Å². The lowest BCUT2D eigenvalue weighted by Gasteiger charge is -2.07. The Morgan fingerprint density at radius 3 is 1.96 bits per heavy atom. The summed E-state index contributed by atoms with van der Waals surface area (Å²) in [7, 11) is 0. The number of amides is 1. The van der Waals surface area contributed by atoms with E-state index >= 15 is 0 Å². The fourth-order valence-corrected chi connectivity index (χ4v) is 2.33. The molecule has 1 heterocycles. The Balaban J connectivity index is 1.57. The second kappa shape index (κ2) is 7.96. The minimum Gasteiger partial charge on any atom is -0.365 e. The highest BCUT2D eigenvalue weighted by Crippen LogP contribution is 2.13. The van der Waals surface area contributed by atoms with Gasteiger partial charge in [0.05, 0.1) is 0 Å². The zero-order valence-corrected chi connectivity index (χ0v) is 14.6. The van der Waals surface area contributed by atoms with E-state index in [-0.39, 0.29) is 5.91 Å². The van der Waals surface area contributed by atoms with Crippen LogP contribution in [0.25, 0.3) is 0 Å². The molecule has 0 saturated carbocycles. The van der Waals surface area contributed by atoms with E-state index in [9.17, 15) is 4.79 Å². The Bertz CT molecular complexity index is 850. The third-order valence-electron chi connectivity index (χ3n) is 3.40. The summed E-state index contributed by atoms with van der Waals surface area (Å²) in [6, 6.07) is 17.6. The van der Waals surface area contributed by atoms with Gasteiger partial charge in [-0.15, -0.1) is 10.2 Å². The average Bonchev–Trinajstić information content (AvgIpc) is 2.63. The SMILES string of the molecule is O=C(Nc1ccc(NCc2ccc(Cl)cc2)nn1)c1ccc(Cl)cc1. The van der Waals surface area contributed by atoms with Crippen LogP contribution < -0.4 is 10.6 Å². The number of carbonyl (C=O) groups is 1. The van der Waals surface area contributed by atoms with E-state index in [0.29, 0.717) is 33.8 Å². The minimum absolute atomic E-state index is 0.271. The van der Waals surface area contributed by atoms with Crippen molar-refractivity contribution in [2.45, 2.75) is 6.54 Å². The van der Waals surface area contributed by atoms with E-state index in [2.05, 4.69) is 20.8 Å². The first-order valence-electron chi connectivity index (χ1n) is 7.49. The molecule has 126 valence electrons. The zero-order chi connectivity index (χ0) is 17.6. The van der Waals surface area contributed by atoms with Crippen LogP contribution in [0.3, 0.4) is 0 Å². The lowest BCUT2D eigenvalue weighted by molar-refractivity contribution is 0.102.